The van der Waals surface area contributed by atoms with Crippen molar-refractivity contribution in [1.82, 2.24) is 0 Å². The van der Waals surface area contributed by atoms with Gasteiger partial charge in [-0.2, -0.15) is 0 Å². The molecule has 0 aromatic heterocycles. The van der Waals surface area contributed by atoms with Crippen molar-refractivity contribution in [2.24, 2.45) is 45.9 Å². The summed E-state index contributed by atoms with van der Waals surface area (Å²) in [6, 6.07) is 0.457. The van der Waals surface area contributed by atoms with E-state index in [0.29, 0.717) is 11.5 Å². The van der Waals surface area contributed by atoms with Crippen LogP contribution in [0.2, 0.25) is 0 Å². The van der Waals surface area contributed by atoms with Crippen LogP contribution in [-0.2, 0) is 0 Å². The van der Waals surface area contributed by atoms with Crippen molar-refractivity contribution in [1.29, 1.82) is 0 Å². The maximum Gasteiger partial charge on any atom is 0.0783 e. The van der Waals surface area contributed by atoms with E-state index in [1.807, 2.05) is 11.8 Å². The van der Waals surface area contributed by atoms with Crippen LogP contribution < -0.4 is 0 Å². The molecule has 0 aromatic carbocycles. The highest BCUT2D eigenvalue weighted by atomic mass is 32.2. The topological polar surface area (TPSA) is 12.4 Å². The number of aliphatic imine (C=N–C) groups is 1. The highest BCUT2D eigenvalue weighted by Crippen LogP contribution is 2.53. The minimum absolute atomic E-state index is 0.457. The van der Waals surface area contributed by atoms with Crippen LogP contribution in [0.3, 0.4) is 0 Å². The second kappa shape index (κ2) is 9.54. The first kappa shape index (κ1) is 22.2. The van der Waals surface area contributed by atoms with Crippen molar-refractivity contribution in [2.75, 3.05) is 5.75 Å². The van der Waals surface area contributed by atoms with Gasteiger partial charge in [-0.25, -0.2) is 0 Å². The largest absolute Gasteiger partial charge is 0.274 e. The molecular weight excluding hydrogens is 358 g/mol. The Morgan fingerprint density at radius 3 is 2.71 bits per heavy atom. The Bertz CT molecular complexity index is 589. The van der Waals surface area contributed by atoms with Gasteiger partial charge in [0.15, 0.2) is 0 Å². The predicted molar refractivity (Wildman–Crippen MR) is 127 cm³/mol. The smallest absolute Gasteiger partial charge is 0.0783 e. The van der Waals surface area contributed by atoms with E-state index >= 15 is 0 Å². The van der Waals surface area contributed by atoms with E-state index in [0.717, 1.165) is 41.9 Å². The molecular formula is C26H43NS. The van der Waals surface area contributed by atoms with Gasteiger partial charge in [0.05, 0.1) is 11.1 Å². The molecule has 2 fully saturated rings. The fourth-order valence-electron chi connectivity index (χ4n) is 4.98. The molecule has 3 rings (SSSR count). The third-order valence-corrected chi connectivity index (χ3v) is 9.10. The highest BCUT2D eigenvalue weighted by Gasteiger charge is 2.45. The molecule has 158 valence electrons. The van der Waals surface area contributed by atoms with Crippen molar-refractivity contribution in [3.8, 4) is 0 Å². The minimum atomic E-state index is 0.457. The van der Waals surface area contributed by atoms with Crippen LogP contribution in [0.4, 0.5) is 0 Å². The third kappa shape index (κ3) is 6.00. The average molecular weight is 402 g/mol. The monoisotopic (exact) mass is 401 g/mol. The lowest BCUT2D eigenvalue weighted by molar-refractivity contribution is 0.167. The lowest BCUT2D eigenvalue weighted by atomic mass is 9.72. The summed E-state index contributed by atoms with van der Waals surface area (Å²) in [6.45, 7) is 16.1. The summed E-state index contributed by atoms with van der Waals surface area (Å²) in [5.74, 6) is 6.42. The van der Waals surface area contributed by atoms with Crippen LogP contribution in [0, 0.1) is 40.9 Å². The van der Waals surface area contributed by atoms with E-state index in [4.69, 9.17) is 4.99 Å². The Balaban J connectivity index is 1.34. The van der Waals surface area contributed by atoms with Gasteiger partial charge in [0, 0.05) is 11.7 Å². The molecule has 0 radical (unpaired) electrons. The van der Waals surface area contributed by atoms with Crippen molar-refractivity contribution in [2.45, 2.75) is 85.6 Å². The first-order chi connectivity index (χ1) is 13.3. The van der Waals surface area contributed by atoms with Crippen molar-refractivity contribution < 1.29 is 0 Å². The Morgan fingerprint density at radius 2 is 2.04 bits per heavy atom. The van der Waals surface area contributed by atoms with E-state index in [-0.39, 0.29) is 0 Å². The summed E-state index contributed by atoms with van der Waals surface area (Å²) < 4.78 is 0. The second-order valence-electron chi connectivity index (χ2n) is 10.8. The van der Waals surface area contributed by atoms with E-state index in [1.165, 1.54) is 49.3 Å². The summed E-state index contributed by atoms with van der Waals surface area (Å²) in [5, 5.41) is 1.45. The third-order valence-electron chi connectivity index (χ3n) is 7.89. The van der Waals surface area contributed by atoms with Crippen LogP contribution in [0.1, 0.15) is 79.6 Å². The van der Waals surface area contributed by atoms with Gasteiger partial charge in [0.1, 0.15) is 0 Å². The van der Waals surface area contributed by atoms with E-state index in [9.17, 15) is 0 Å². The SMILES string of the molecule is C=CCC(C)CCC(C)(C)C(C)C1CC1CC/C=C/C1CSC(C2CC2C)=N1. The van der Waals surface area contributed by atoms with Gasteiger partial charge in [-0.15, -0.1) is 18.3 Å². The zero-order valence-electron chi connectivity index (χ0n) is 19.0. The molecule has 2 heteroatoms. The fourth-order valence-corrected chi connectivity index (χ4v) is 6.26. The Labute approximate surface area is 178 Å². The zero-order chi connectivity index (χ0) is 20.3. The van der Waals surface area contributed by atoms with Gasteiger partial charge >= 0.3 is 0 Å². The fraction of sp³-hybridized carbons (Fsp3) is 0.808. The summed E-state index contributed by atoms with van der Waals surface area (Å²) in [5.41, 5.74) is 0.469. The maximum absolute atomic E-state index is 4.94. The molecule has 0 amide bonds. The summed E-state index contributed by atoms with van der Waals surface area (Å²) in [7, 11) is 0. The Morgan fingerprint density at radius 1 is 1.29 bits per heavy atom. The summed E-state index contributed by atoms with van der Waals surface area (Å²) in [6.07, 6.45) is 16.2. The molecule has 7 atom stereocenters. The van der Waals surface area contributed by atoms with E-state index in [1.54, 1.807) is 0 Å². The maximum atomic E-state index is 4.94. The number of thioether (sulfide) groups is 1. The van der Waals surface area contributed by atoms with E-state index < -0.39 is 0 Å². The van der Waals surface area contributed by atoms with Gasteiger partial charge in [0.2, 0.25) is 0 Å². The molecule has 1 nitrogen and oxygen atoms in total. The van der Waals surface area contributed by atoms with E-state index in [2.05, 4.69) is 59.4 Å². The molecule has 0 spiro atoms. The molecule has 0 N–H and O–H groups in total. The molecule has 0 saturated heterocycles. The standard InChI is InChI=1S/C26H43NS/c1-7-10-18(2)13-14-26(5,6)20(4)24-16-21(24)11-8-9-12-22-17-28-25(27-22)23-15-19(23)3/h7,9,12,18-24H,1,8,10-11,13-17H2,2-6H3/b12-9+. The number of nitrogens with zero attached hydrogens (tertiary/aromatic N) is 1. The van der Waals surface area contributed by atoms with Crippen LogP contribution in [-0.4, -0.2) is 16.8 Å². The molecule has 2 aliphatic carbocycles. The molecule has 3 aliphatic rings. The van der Waals surface area contributed by atoms with Gasteiger partial charge in [-0.3, -0.25) is 4.99 Å². The first-order valence-electron chi connectivity index (χ1n) is 11.8. The normalized spacial score (nSPS) is 34.3. The lowest BCUT2D eigenvalue weighted by Gasteiger charge is -2.33. The summed E-state index contributed by atoms with van der Waals surface area (Å²) in [4.78, 5) is 4.94. The number of hydrogen-bond donors (Lipinski definition) is 0. The molecule has 1 aliphatic heterocycles. The molecule has 1 heterocycles. The molecule has 28 heavy (non-hydrogen) atoms. The molecule has 0 bridgehead atoms. The minimum Gasteiger partial charge on any atom is -0.274 e. The predicted octanol–water partition coefficient (Wildman–Crippen LogP) is 7.78. The Kier molecular flexibility index (Phi) is 7.56. The zero-order valence-corrected chi connectivity index (χ0v) is 19.8. The first-order valence-corrected chi connectivity index (χ1v) is 12.8. The van der Waals surface area contributed by atoms with Gasteiger partial charge in [-0.05, 0) is 80.0 Å². The number of hydrogen-bond acceptors (Lipinski definition) is 2. The van der Waals surface area contributed by atoms with Crippen LogP contribution in [0.25, 0.3) is 0 Å². The quantitative estimate of drug-likeness (QED) is 0.304. The lowest BCUT2D eigenvalue weighted by Crippen LogP contribution is -2.24. The Hall–Kier alpha value is -0.500. The van der Waals surface area contributed by atoms with Crippen molar-refractivity contribution in [3.63, 3.8) is 0 Å². The van der Waals surface area contributed by atoms with Crippen molar-refractivity contribution >= 4 is 16.8 Å². The second-order valence-corrected chi connectivity index (χ2v) is 11.8. The van der Waals surface area contributed by atoms with Crippen LogP contribution in [0.5, 0.6) is 0 Å². The number of allylic oxidation sites excluding steroid dienone is 2. The van der Waals surface area contributed by atoms with Crippen LogP contribution in [0.15, 0.2) is 29.8 Å². The van der Waals surface area contributed by atoms with Crippen molar-refractivity contribution in [3.05, 3.63) is 24.8 Å². The molecule has 7 unspecified atom stereocenters. The average Bonchev–Trinajstić information content (AvgIpc) is 3.54. The number of rotatable bonds is 12. The van der Waals surface area contributed by atoms with Gasteiger partial charge < -0.3 is 0 Å². The molecule has 0 aromatic rings. The molecule has 2 saturated carbocycles. The van der Waals surface area contributed by atoms with Crippen LogP contribution >= 0.6 is 11.8 Å². The summed E-state index contributed by atoms with van der Waals surface area (Å²) >= 11 is 2.01. The van der Waals surface area contributed by atoms with Gasteiger partial charge in [-0.1, -0.05) is 52.8 Å². The van der Waals surface area contributed by atoms with Gasteiger partial charge in [0.25, 0.3) is 0 Å². The highest BCUT2D eigenvalue weighted by molar-refractivity contribution is 8.14.